The second kappa shape index (κ2) is 6.10. The lowest BCUT2D eigenvalue weighted by molar-refractivity contribution is 0.414. The molecule has 0 radical (unpaired) electrons. The van der Waals surface area contributed by atoms with Gasteiger partial charge in [0, 0.05) is 0 Å². The number of hydrogen-bond donors (Lipinski definition) is 0. The molecule has 1 aromatic rings. The molecule has 0 unspecified atom stereocenters. The third-order valence-corrected chi connectivity index (χ3v) is 6.76. The Balaban J connectivity index is 3.14. The van der Waals surface area contributed by atoms with Crippen molar-refractivity contribution in [2.75, 3.05) is 7.11 Å². The number of benzene rings is 1. The van der Waals surface area contributed by atoms with Gasteiger partial charge in [-0.2, -0.15) is 0 Å². The molecule has 19 heavy (non-hydrogen) atoms. The first-order valence-electron chi connectivity index (χ1n) is 6.97. The number of rotatable bonds is 5. The van der Waals surface area contributed by atoms with E-state index >= 15 is 0 Å². The second-order valence-electron chi connectivity index (χ2n) is 7.35. The quantitative estimate of drug-likeness (QED) is 0.687. The zero-order chi connectivity index (χ0) is 14.7. The van der Waals surface area contributed by atoms with Crippen LogP contribution in [0, 0.1) is 0 Å². The monoisotopic (exact) mass is 292 g/mol. The van der Waals surface area contributed by atoms with Crippen LogP contribution in [0.5, 0.6) is 5.75 Å². The maximum absolute atomic E-state index is 5.36. The number of allylic oxidation sites excluding steroid dienone is 1. The summed E-state index contributed by atoms with van der Waals surface area (Å²) in [6.07, 6.45) is 2.47. The average molecular weight is 293 g/mol. The summed E-state index contributed by atoms with van der Waals surface area (Å²) >= 11 is 0. The zero-order valence-electron chi connectivity index (χ0n) is 13.4. The average Bonchev–Trinajstić information content (AvgIpc) is 2.26. The van der Waals surface area contributed by atoms with Gasteiger partial charge in [0.25, 0.3) is 0 Å². The third kappa shape index (κ3) is 5.37. The van der Waals surface area contributed by atoms with Gasteiger partial charge in [-0.05, 0) is 23.2 Å². The van der Waals surface area contributed by atoms with E-state index in [1.165, 1.54) is 5.56 Å². The lowest BCUT2D eigenvalue weighted by Gasteiger charge is -2.28. The minimum Gasteiger partial charge on any atom is -0.497 e. The molecule has 0 N–H and O–H groups in total. The van der Waals surface area contributed by atoms with Crippen molar-refractivity contribution in [2.45, 2.75) is 44.8 Å². The first-order chi connectivity index (χ1) is 8.63. The summed E-state index contributed by atoms with van der Waals surface area (Å²) in [6.45, 7) is 14.5. The molecule has 1 rings (SSSR count). The highest BCUT2D eigenvalue weighted by atomic mass is 28.3. The summed E-state index contributed by atoms with van der Waals surface area (Å²) in [7, 11) is -0.690. The molecule has 0 aliphatic carbocycles. The smallest absolute Gasteiger partial charge is 0.119 e. The lowest BCUT2D eigenvalue weighted by atomic mass is 10.1. The van der Waals surface area contributed by atoms with Crippen LogP contribution in [0.4, 0.5) is 0 Å². The molecular formula is C16H28OSi2. The van der Waals surface area contributed by atoms with E-state index in [2.05, 4.69) is 69.3 Å². The van der Waals surface area contributed by atoms with Crippen LogP contribution < -0.4 is 4.74 Å². The zero-order valence-corrected chi connectivity index (χ0v) is 15.4. The summed E-state index contributed by atoms with van der Waals surface area (Å²) in [5.74, 6) is 0.960. The Hall–Kier alpha value is -0.806. The number of methoxy groups -OCH3 is 1. The fraction of sp³-hybridized carbons (Fsp3) is 0.500. The van der Waals surface area contributed by atoms with E-state index in [9.17, 15) is 0 Å². The Morgan fingerprint density at radius 3 is 2.16 bits per heavy atom. The Kier molecular flexibility index (Phi) is 5.21. The topological polar surface area (TPSA) is 9.23 Å². The third-order valence-electron chi connectivity index (χ3n) is 3.17. The van der Waals surface area contributed by atoms with E-state index in [-0.39, 0.29) is 0 Å². The van der Waals surface area contributed by atoms with Crippen molar-refractivity contribution < 1.29 is 4.74 Å². The van der Waals surface area contributed by atoms with Crippen molar-refractivity contribution in [3.05, 3.63) is 41.6 Å². The van der Waals surface area contributed by atoms with Crippen LogP contribution in [-0.2, 0) is 0 Å². The van der Waals surface area contributed by atoms with Gasteiger partial charge >= 0.3 is 0 Å². The van der Waals surface area contributed by atoms with Crippen molar-refractivity contribution >= 4 is 16.1 Å². The number of ether oxygens (including phenoxy) is 1. The van der Waals surface area contributed by atoms with Crippen molar-refractivity contribution in [1.29, 1.82) is 0 Å². The SMILES string of the molecule is COc1cccc([C@H](/C=C/[Si](C)(C)C)[Si](C)(C)C)c1. The Morgan fingerprint density at radius 1 is 1.05 bits per heavy atom. The molecule has 0 spiro atoms. The van der Waals surface area contributed by atoms with Crippen LogP contribution in [0.25, 0.3) is 0 Å². The van der Waals surface area contributed by atoms with Crippen LogP contribution in [0.2, 0.25) is 39.3 Å². The minimum absolute atomic E-state index is 0.564. The van der Waals surface area contributed by atoms with Gasteiger partial charge in [-0.15, -0.1) is 0 Å². The van der Waals surface area contributed by atoms with Gasteiger partial charge in [0.2, 0.25) is 0 Å². The minimum atomic E-state index is -1.28. The van der Waals surface area contributed by atoms with Gasteiger partial charge in [0.15, 0.2) is 0 Å². The van der Waals surface area contributed by atoms with Crippen molar-refractivity contribution in [3.8, 4) is 5.75 Å². The molecule has 3 heteroatoms. The van der Waals surface area contributed by atoms with E-state index in [4.69, 9.17) is 4.74 Å². The standard InChI is InChI=1S/C16H28OSi2/c1-17-15-10-8-9-14(13-15)16(19(5,6)7)11-12-18(2,3)4/h8-13,16H,1-7H3/b12-11+/t16-/m0/s1. The summed E-state index contributed by atoms with van der Waals surface area (Å²) in [4.78, 5) is 0. The fourth-order valence-electron chi connectivity index (χ4n) is 2.12. The molecule has 106 valence electrons. The molecule has 1 aromatic carbocycles. The Morgan fingerprint density at radius 2 is 1.68 bits per heavy atom. The summed E-state index contributed by atoms with van der Waals surface area (Å²) in [5.41, 5.74) is 4.44. The normalized spacial score (nSPS) is 14.7. The lowest BCUT2D eigenvalue weighted by Crippen LogP contribution is -2.30. The molecule has 0 fully saturated rings. The second-order valence-corrected chi connectivity index (χ2v) is 17.8. The predicted molar refractivity (Wildman–Crippen MR) is 91.6 cm³/mol. The molecule has 1 atom stereocenters. The van der Waals surface area contributed by atoms with E-state index in [0.717, 1.165) is 5.75 Å². The molecule has 1 nitrogen and oxygen atoms in total. The molecule has 0 aliphatic rings. The maximum atomic E-state index is 5.36. The van der Waals surface area contributed by atoms with Gasteiger partial charge in [0.1, 0.15) is 5.75 Å². The van der Waals surface area contributed by atoms with Gasteiger partial charge in [0.05, 0.1) is 23.3 Å². The van der Waals surface area contributed by atoms with Crippen LogP contribution in [0.1, 0.15) is 11.1 Å². The Bertz CT molecular complexity index is 439. The van der Waals surface area contributed by atoms with E-state index in [1.807, 2.05) is 6.07 Å². The predicted octanol–water partition coefficient (Wildman–Crippen LogP) is 5.09. The maximum Gasteiger partial charge on any atom is 0.119 e. The molecule has 0 aliphatic heterocycles. The molecule has 0 aromatic heterocycles. The van der Waals surface area contributed by atoms with Gasteiger partial charge in [-0.25, -0.2) is 0 Å². The number of hydrogen-bond acceptors (Lipinski definition) is 1. The van der Waals surface area contributed by atoms with Gasteiger partial charge < -0.3 is 4.74 Å². The highest BCUT2D eigenvalue weighted by molar-refractivity contribution is 6.81. The van der Waals surface area contributed by atoms with Crippen LogP contribution in [-0.4, -0.2) is 23.3 Å². The molecule has 0 bridgehead atoms. The van der Waals surface area contributed by atoms with Crippen LogP contribution >= 0.6 is 0 Å². The molecule has 0 saturated heterocycles. The highest BCUT2D eigenvalue weighted by Gasteiger charge is 2.26. The van der Waals surface area contributed by atoms with E-state index in [1.54, 1.807) is 7.11 Å². The van der Waals surface area contributed by atoms with Crippen molar-refractivity contribution in [1.82, 2.24) is 0 Å². The van der Waals surface area contributed by atoms with E-state index in [0.29, 0.717) is 5.54 Å². The largest absolute Gasteiger partial charge is 0.497 e. The molecule has 0 saturated carbocycles. The highest BCUT2D eigenvalue weighted by Crippen LogP contribution is 2.31. The Labute approximate surface area is 120 Å². The first kappa shape index (κ1) is 16.2. The van der Waals surface area contributed by atoms with Crippen LogP contribution in [0.3, 0.4) is 0 Å². The molecule has 0 amide bonds. The summed E-state index contributed by atoms with van der Waals surface area (Å²) < 4.78 is 5.36. The summed E-state index contributed by atoms with van der Waals surface area (Å²) in [6, 6.07) is 8.55. The summed E-state index contributed by atoms with van der Waals surface area (Å²) in [5, 5.41) is 0. The van der Waals surface area contributed by atoms with E-state index < -0.39 is 16.1 Å². The van der Waals surface area contributed by atoms with Gasteiger partial charge in [-0.3, -0.25) is 0 Å². The molecule has 0 heterocycles. The van der Waals surface area contributed by atoms with Crippen molar-refractivity contribution in [2.24, 2.45) is 0 Å². The fourth-order valence-corrected chi connectivity index (χ4v) is 4.94. The first-order valence-corrected chi connectivity index (χ1v) is 14.1. The van der Waals surface area contributed by atoms with Gasteiger partial charge in [-0.1, -0.05) is 63.2 Å². The van der Waals surface area contributed by atoms with Crippen molar-refractivity contribution in [3.63, 3.8) is 0 Å². The molecular weight excluding hydrogens is 264 g/mol. The van der Waals surface area contributed by atoms with Crippen LogP contribution in [0.15, 0.2) is 36.0 Å².